The maximum absolute atomic E-state index is 12.7. The van der Waals surface area contributed by atoms with E-state index in [0.717, 1.165) is 5.69 Å². The van der Waals surface area contributed by atoms with Crippen molar-refractivity contribution >= 4 is 32.5 Å². The van der Waals surface area contributed by atoms with Gasteiger partial charge in [-0.1, -0.05) is 0 Å². The van der Waals surface area contributed by atoms with E-state index >= 15 is 0 Å². The van der Waals surface area contributed by atoms with E-state index in [1.54, 1.807) is 49.0 Å². The van der Waals surface area contributed by atoms with Gasteiger partial charge >= 0.3 is 0 Å². The van der Waals surface area contributed by atoms with Gasteiger partial charge in [-0.3, -0.25) is 0 Å². The van der Waals surface area contributed by atoms with Crippen LogP contribution in [0.2, 0.25) is 0 Å². The number of nitriles is 1. The molecule has 29 heavy (non-hydrogen) atoms. The second kappa shape index (κ2) is 7.73. The highest BCUT2D eigenvalue weighted by molar-refractivity contribution is 7.90. The third-order valence-electron chi connectivity index (χ3n) is 4.57. The number of ether oxygens (including phenoxy) is 2. The first-order valence-electron chi connectivity index (χ1n) is 8.75. The van der Waals surface area contributed by atoms with Gasteiger partial charge in [-0.2, -0.15) is 5.26 Å². The predicted molar refractivity (Wildman–Crippen MR) is 110 cm³/mol. The highest BCUT2D eigenvalue weighted by Crippen LogP contribution is 2.40. The average Bonchev–Trinajstić information content (AvgIpc) is 3.24. The molecule has 2 heterocycles. The molecule has 1 aliphatic rings. The molecule has 0 unspecified atom stereocenters. The standard InChI is InChI=1S/C20H17N3O4S2/c1-26-15-2-4-17(14(10-15)12-21)23-7-8-27-19-11-16(3-5-18(19)23)29(24,25)13-20-22-6-9-28-20/h2-6,9-11H,7-8,13H2,1H3. The molecule has 0 radical (unpaired) electrons. The maximum atomic E-state index is 12.7. The number of anilines is 2. The van der Waals surface area contributed by atoms with Gasteiger partial charge in [-0.25, -0.2) is 13.4 Å². The van der Waals surface area contributed by atoms with Crippen molar-refractivity contribution in [2.75, 3.05) is 25.2 Å². The van der Waals surface area contributed by atoms with E-state index in [-0.39, 0.29) is 10.6 Å². The largest absolute Gasteiger partial charge is 0.497 e. The van der Waals surface area contributed by atoms with Gasteiger partial charge in [0.2, 0.25) is 0 Å². The lowest BCUT2D eigenvalue weighted by Gasteiger charge is -2.32. The van der Waals surface area contributed by atoms with Gasteiger partial charge in [0, 0.05) is 17.6 Å². The fourth-order valence-corrected chi connectivity index (χ4v) is 5.45. The van der Waals surface area contributed by atoms with Crippen molar-refractivity contribution in [1.29, 1.82) is 5.26 Å². The number of rotatable bonds is 5. The molecule has 0 saturated carbocycles. The number of hydrogen-bond donors (Lipinski definition) is 0. The summed E-state index contributed by atoms with van der Waals surface area (Å²) in [7, 11) is -1.99. The Labute approximate surface area is 172 Å². The van der Waals surface area contributed by atoms with Gasteiger partial charge in [-0.15, -0.1) is 11.3 Å². The zero-order valence-corrected chi connectivity index (χ0v) is 17.2. The van der Waals surface area contributed by atoms with Crippen LogP contribution in [0.1, 0.15) is 10.6 Å². The minimum Gasteiger partial charge on any atom is -0.497 e. The summed E-state index contributed by atoms with van der Waals surface area (Å²) in [4.78, 5) is 6.19. The molecule has 7 nitrogen and oxygen atoms in total. The summed E-state index contributed by atoms with van der Waals surface area (Å²) in [6.45, 7) is 0.916. The molecule has 148 valence electrons. The lowest BCUT2D eigenvalue weighted by Crippen LogP contribution is -2.29. The van der Waals surface area contributed by atoms with Gasteiger partial charge in [-0.05, 0) is 30.3 Å². The Kier molecular flexibility index (Phi) is 5.13. The summed E-state index contributed by atoms with van der Waals surface area (Å²) >= 11 is 1.31. The summed E-state index contributed by atoms with van der Waals surface area (Å²) in [6.07, 6.45) is 1.59. The Morgan fingerprint density at radius 1 is 1.28 bits per heavy atom. The predicted octanol–water partition coefficient (Wildman–Crippen LogP) is 3.53. The van der Waals surface area contributed by atoms with Crippen molar-refractivity contribution in [3.05, 3.63) is 58.5 Å². The van der Waals surface area contributed by atoms with Crippen molar-refractivity contribution in [2.24, 2.45) is 0 Å². The first-order chi connectivity index (χ1) is 14.0. The van der Waals surface area contributed by atoms with Crippen molar-refractivity contribution in [2.45, 2.75) is 10.6 Å². The summed E-state index contributed by atoms with van der Waals surface area (Å²) in [5.41, 5.74) is 1.90. The molecule has 3 aromatic rings. The Morgan fingerprint density at radius 2 is 2.10 bits per heavy atom. The van der Waals surface area contributed by atoms with Crippen LogP contribution in [0.4, 0.5) is 11.4 Å². The molecule has 1 aliphatic heterocycles. The minimum absolute atomic E-state index is 0.149. The summed E-state index contributed by atoms with van der Waals surface area (Å²) < 4.78 is 36.4. The van der Waals surface area contributed by atoms with Crippen LogP contribution in [0, 0.1) is 11.3 Å². The van der Waals surface area contributed by atoms with E-state index in [2.05, 4.69) is 11.1 Å². The van der Waals surface area contributed by atoms with Crippen LogP contribution in [-0.4, -0.2) is 33.7 Å². The SMILES string of the molecule is COc1ccc(N2CCOc3cc(S(=O)(=O)Cc4nccs4)ccc32)c(C#N)c1. The fourth-order valence-electron chi connectivity index (χ4n) is 3.18. The number of fused-ring (bicyclic) bond motifs is 1. The molecular formula is C20H17N3O4S2. The molecule has 0 spiro atoms. The Balaban J connectivity index is 1.70. The van der Waals surface area contributed by atoms with Crippen molar-refractivity contribution in [3.8, 4) is 17.6 Å². The van der Waals surface area contributed by atoms with Gasteiger partial charge in [0.15, 0.2) is 9.84 Å². The molecule has 0 amide bonds. The van der Waals surface area contributed by atoms with Crippen LogP contribution < -0.4 is 14.4 Å². The third-order valence-corrected chi connectivity index (χ3v) is 7.15. The zero-order chi connectivity index (χ0) is 20.4. The maximum Gasteiger partial charge on any atom is 0.185 e. The van der Waals surface area contributed by atoms with Crippen LogP contribution in [-0.2, 0) is 15.6 Å². The average molecular weight is 428 g/mol. The number of benzene rings is 2. The van der Waals surface area contributed by atoms with Crippen LogP contribution >= 0.6 is 11.3 Å². The number of nitrogens with zero attached hydrogens (tertiary/aromatic N) is 3. The molecule has 4 rings (SSSR count). The molecule has 0 N–H and O–H groups in total. The smallest absolute Gasteiger partial charge is 0.185 e. The third kappa shape index (κ3) is 3.77. The summed E-state index contributed by atoms with van der Waals surface area (Å²) in [5.74, 6) is 0.920. The summed E-state index contributed by atoms with van der Waals surface area (Å²) in [6, 6.07) is 12.3. The van der Waals surface area contributed by atoms with E-state index in [1.165, 1.54) is 11.3 Å². The second-order valence-electron chi connectivity index (χ2n) is 6.31. The highest BCUT2D eigenvalue weighted by Gasteiger charge is 2.25. The quantitative estimate of drug-likeness (QED) is 0.615. The molecule has 0 fully saturated rings. The van der Waals surface area contributed by atoms with E-state index < -0.39 is 9.84 Å². The lowest BCUT2D eigenvalue weighted by molar-refractivity contribution is 0.313. The van der Waals surface area contributed by atoms with Crippen LogP contribution in [0.3, 0.4) is 0 Å². The van der Waals surface area contributed by atoms with Gasteiger partial charge in [0.25, 0.3) is 0 Å². The van der Waals surface area contributed by atoms with Gasteiger partial charge in [0.1, 0.15) is 34.9 Å². The molecule has 0 saturated heterocycles. The molecule has 0 aliphatic carbocycles. The van der Waals surface area contributed by atoms with E-state index in [4.69, 9.17) is 9.47 Å². The molecule has 0 bridgehead atoms. The highest BCUT2D eigenvalue weighted by atomic mass is 32.2. The zero-order valence-electron chi connectivity index (χ0n) is 15.5. The molecular weight excluding hydrogens is 410 g/mol. The minimum atomic E-state index is -3.54. The van der Waals surface area contributed by atoms with Crippen LogP contribution in [0.5, 0.6) is 11.5 Å². The molecule has 1 aromatic heterocycles. The number of sulfone groups is 1. The van der Waals surface area contributed by atoms with Crippen LogP contribution in [0.25, 0.3) is 0 Å². The molecule has 9 heteroatoms. The summed E-state index contributed by atoms with van der Waals surface area (Å²) in [5, 5.41) is 11.8. The van der Waals surface area contributed by atoms with E-state index in [0.29, 0.717) is 40.9 Å². The fraction of sp³-hybridized carbons (Fsp3) is 0.200. The van der Waals surface area contributed by atoms with Crippen molar-refractivity contribution in [1.82, 2.24) is 4.98 Å². The van der Waals surface area contributed by atoms with Gasteiger partial charge < -0.3 is 14.4 Å². The Morgan fingerprint density at radius 3 is 2.83 bits per heavy atom. The lowest BCUT2D eigenvalue weighted by atomic mass is 10.1. The number of thiazole rings is 1. The first kappa shape index (κ1) is 19.2. The van der Waals surface area contributed by atoms with Crippen molar-refractivity contribution < 1.29 is 17.9 Å². The number of aromatic nitrogens is 1. The topological polar surface area (TPSA) is 92.5 Å². The Hall–Kier alpha value is -3.09. The number of methoxy groups -OCH3 is 1. The molecule has 0 atom stereocenters. The van der Waals surface area contributed by atoms with Crippen LogP contribution in [0.15, 0.2) is 52.9 Å². The molecule has 2 aromatic carbocycles. The van der Waals surface area contributed by atoms with E-state index in [1.807, 2.05) is 11.0 Å². The Bertz CT molecular complexity index is 1180. The van der Waals surface area contributed by atoms with Crippen molar-refractivity contribution in [3.63, 3.8) is 0 Å². The normalized spacial score (nSPS) is 13.3. The second-order valence-corrected chi connectivity index (χ2v) is 9.28. The number of hydrogen-bond acceptors (Lipinski definition) is 8. The first-order valence-corrected chi connectivity index (χ1v) is 11.3. The van der Waals surface area contributed by atoms with Gasteiger partial charge in [0.05, 0.1) is 35.5 Å². The van der Waals surface area contributed by atoms with E-state index in [9.17, 15) is 13.7 Å². The monoisotopic (exact) mass is 427 g/mol.